The van der Waals surface area contributed by atoms with E-state index in [1.807, 2.05) is 0 Å². The Bertz CT molecular complexity index is 353. The molecule has 8 heteroatoms. The van der Waals surface area contributed by atoms with Gasteiger partial charge in [-0.15, -0.1) is 5.10 Å². The number of carboxylic acids is 1. The van der Waals surface area contributed by atoms with Crippen LogP contribution in [0.5, 0.6) is 0 Å². The van der Waals surface area contributed by atoms with Crippen molar-refractivity contribution >= 4 is 5.97 Å². The molecule has 0 aromatic carbocycles. The molecule has 0 amide bonds. The zero-order chi connectivity index (χ0) is 11.4. The normalized spacial score (nSPS) is 10.9. The summed E-state index contributed by atoms with van der Waals surface area (Å²) in [6.45, 7) is 0.193. The van der Waals surface area contributed by atoms with Gasteiger partial charge in [0.05, 0.1) is 13.2 Å². The number of rotatable bonds is 5. The van der Waals surface area contributed by atoms with Crippen LogP contribution in [0.3, 0.4) is 0 Å². The van der Waals surface area contributed by atoms with Crippen LogP contribution in [0, 0.1) is 0 Å². The predicted octanol–water partition coefficient (Wildman–Crippen LogP) is 0.560. The highest BCUT2D eigenvalue weighted by atomic mass is 19.3. The summed E-state index contributed by atoms with van der Waals surface area (Å²) in [7, 11) is 1.40. The lowest BCUT2D eigenvalue weighted by Crippen LogP contribution is -2.12. The van der Waals surface area contributed by atoms with E-state index >= 15 is 0 Å². The summed E-state index contributed by atoms with van der Waals surface area (Å²) in [6, 6.07) is 0. The van der Waals surface area contributed by atoms with Crippen LogP contribution in [-0.4, -0.2) is 39.8 Å². The number of hydrogen-bond donors (Lipinski definition) is 1. The third-order valence-corrected chi connectivity index (χ3v) is 1.69. The number of aromatic carboxylic acids is 1. The maximum atomic E-state index is 12.5. The standard InChI is InChI=1S/C7H9F2N3O3/c1-15-3-2-12-5(6(8)9)4(7(13)14)10-11-12/h6H,2-3H2,1H3,(H,13,14). The van der Waals surface area contributed by atoms with Crippen molar-refractivity contribution < 1.29 is 23.4 Å². The van der Waals surface area contributed by atoms with E-state index in [-0.39, 0.29) is 13.2 Å². The Kier molecular flexibility index (Phi) is 3.67. The molecule has 1 aromatic rings. The summed E-state index contributed by atoms with van der Waals surface area (Å²) in [5.74, 6) is -1.52. The van der Waals surface area contributed by atoms with Gasteiger partial charge in [-0.2, -0.15) is 0 Å². The molecule has 0 saturated heterocycles. The smallest absolute Gasteiger partial charge is 0.358 e. The van der Waals surface area contributed by atoms with Crippen LogP contribution >= 0.6 is 0 Å². The van der Waals surface area contributed by atoms with E-state index in [1.54, 1.807) is 0 Å². The number of alkyl halides is 2. The van der Waals surface area contributed by atoms with Crippen molar-refractivity contribution in [3.63, 3.8) is 0 Å². The van der Waals surface area contributed by atoms with Crippen molar-refractivity contribution in [1.29, 1.82) is 0 Å². The predicted molar refractivity (Wildman–Crippen MR) is 43.8 cm³/mol. The van der Waals surface area contributed by atoms with Gasteiger partial charge >= 0.3 is 5.97 Å². The fraction of sp³-hybridized carbons (Fsp3) is 0.571. The van der Waals surface area contributed by atoms with E-state index in [0.717, 1.165) is 4.68 Å². The van der Waals surface area contributed by atoms with Crippen LogP contribution in [0.15, 0.2) is 0 Å². The van der Waals surface area contributed by atoms with E-state index in [4.69, 9.17) is 5.11 Å². The number of aromatic nitrogens is 3. The van der Waals surface area contributed by atoms with Crippen LogP contribution in [-0.2, 0) is 11.3 Å². The first-order valence-corrected chi connectivity index (χ1v) is 4.01. The van der Waals surface area contributed by atoms with Crippen LogP contribution in [0.4, 0.5) is 8.78 Å². The maximum absolute atomic E-state index is 12.5. The number of methoxy groups -OCH3 is 1. The fourth-order valence-corrected chi connectivity index (χ4v) is 1.03. The van der Waals surface area contributed by atoms with Gasteiger partial charge in [-0.25, -0.2) is 18.3 Å². The molecule has 0 aliphatic carbocycles. The van der Waals surface area contributed by atoms with Crippen LogP contribution in [0.25, 0.3) is 0 Å². The van der Waals surface area contributed by atoms with Gasteiger partial charge in [0.1, 0.15) is 5.69 Å². The summed E-state index contributed by atoms with van der Waals surface area (Å²) in [5, 5.41) is 15.1. The van der Waals surface area contributed by atoms with Gasteiger partial charge in [-0.1, -0.05) is 5.21 Å². The molecule has 15 heavy (non-hydrogen) atoms. The highest BCUT2D eigenvalue weighted by molar-refractivity contribution is 5.86. The van der Waals surface area contributed by atoms with E-state index < -0.39 is 23.8 Å². The van der Waals surface area contributed by atoms with Gasteiger partial charge in [-0.3, -0.25) is 0 Å². The second-order valence-electron chi connectivity index (χ2n) is 2.65. The molecule has 1 N–H and O–H groups in total. The van der Waals surface area contributed by atoms with Crippen molar-refractivity contribution in [3.05, 3.63) is 11.4 Å². The zero-order valence-electron chi connectivity index (χ0n) is 7.85. The molecule has 1 rings (SSSR count). The van der Waals surface area contributed by atoms with Crippen molar-refractivity contribution in [1.82, 2.24) is 15.0 Å². The summed E-state index contributed by atoms with van der Waals surface area (Å²) >= 11 is 0. The molecule has 0 saturated carbocycles. The highest BCUT2D eigenvalue weighted by Gasteiger charge is 2.25. The first-order chi connectivity index (χ1) is 7.07. The van der Waals surface area contributed by atoms with Gasteiger partial charge < -0.3 is 9.84 Å². The largest absolute Gasteiger partial charge is 0.476 e. The SMILES string of the molecule is COCCn1nnc(C(=O)O)c1C(F)F. The summed E-state index contributed by atoms with van der Waals surface area (Å²) in [6.07, 6.45) is -2.93. The lowest BCUT2D eigenvalue weighted by molar-refractivity contribution is 0.0674. The van der Waals surface area contributed by atoms with Crippen LogP contribution < -0.4 is 0 Å². The molecular formula is C7H9F2N3O3. The molecular weight excluding hydrogens is 212 g/mol. The monoisotopic (exact) mass is 221 g/mol. The number of halogens is 2. The molecule has 0 fully saturated rings. The summed E-state index contributed by atoms with van der Waals surface area (Å²) < 4.78 is 30.5. The lowest BCUT2D eigenvalue weighted by Gasteiger charge is -2.04. The Morgan fingerprint density at radius 2 is 2.33 bits per heavy atom. The Morgan fingerprint density at radius 3 is 2.80 bits per heavy atom. The molecule has 0 radical (unpaired) electrons. The molecule has 1 heterocycles. The topological polar surface area (TPSA) is 77.2 Å². The second-order valence-corrected chi connectivity index (χ2v) is 2.65. The van der Waals surface area contributed by atoms with E-state index in [0.29, 0.717) is 0 Å². The first-order valence-electron chi connectivity index (χ1n) is 4.01. The molecule has 0 aliphatic heterocycles. The van der Waals surface area contributed by atoms with Crippen LogP contribution in [0.2, 0.25) is 0 Å². The average molecular weight is 221 g/mol. The average Bonchev–Trinajstić information content (AvgIpc) is 2.58. The van der Waals surface area contributed by atoms with Gasteiger partial charge in [0.25, 0.3) is 6.43 Å². The third kappa shape index (κ3) is 2.46. The highest BCUT2D eigenvalue weighted by Crippen LogP contribution is 2.21. The van der Waals surface area contributed by atoms with Gasteiger partial charge in [0, 0.05) is 7.11 Å². The van der Waals surface area contributed by atoms with Gasteiger partial charge in [-0.05, 0) is 0 Å². The summed E-state index contributed by atoms with van der Waals surface area (Å²) in [4.78, 5) is 10.5. The number of carbonyl (C=O) groups is 1. The Labute approximate surface area is 83.5 Å². The molecule has 84 valence electrons. The number of carboxylic acid groups (broad SMARTS) is 1. The zero-order valence-corrected chi connectivity index (χ0v) is 7.85. The maximum Gasteiger partial charge on any atom is 0.358 e. The lowest BCUT2D eigenvalue weighted by atomic mass is 10.3. The number of ether oxygens (including phenoxy) is 1. The van der Waals surface area contributed by atoms with Crippen molar-refractivity contribution in [2.24, 2.45) is 0 Å². The van der Waals surface area contributed by atoms with E-state index in [2.05, 4.69) is 15.0 Å². The minimum atomic E-state index is -2.93. The first kappa shape index (κ1) is 11.5. The Balaban J connectivity index is 3.01. The molecule has 0 bridgehead atoms. The Hall–Kier alpha value is -1.57. The van der Waals surface area contributed by atoms with Gasteiger partial charge in [0.2, 0.25) is 0 Å². The molecule has 0 spiro atoms. The van der Waals surface area contributed by atoms with E-state index in [1.165, 1.54) is 7.11 Å². The van der Waals surface area contributed by atoms with E-state index in [9.17, 15) is 13.6 Å². The number of nitrogens with zero attached hydrogens (tertiary/aromatic N) is 3. The molecule has 0 atom stereocenters. The van der Waals surface area contributed by atoms with Crippen molar-refractivity contribution in [2.45, 2.75) is 13.0 Å². The fourth-order valence-electron chi connectivity index (χ4n) is 1.03. The van der Waals surface area contributed by atoms with Crippen molar-refractivity contribution in [3.8, 4) is 0 Å². The molecule has 6 nitrogen and oxygen atoms in total. The minimum absolute atomic E-state index is 0.0381. The Morgan fingerprint density at radius 1 is 1.67 bits per heavy atom. The molecule has 0 unspecified atom stereocenters. The van der Waals surface area contributed by atoms with Gasteiger partial charge in [0.15, 0.2) is 5.69 Å². The van der Waals surface area contributed by atoms with Crippen molar-refractivity contribution in [2.75, 3.05) is 13.7 Å². The second kappa shape index (κ2) is 4.78. The molecule has 1 aromatic heterocycles. The third-order valence-electron chi connectivity index (χ3n) is 1.69. The minimum Gasteiger partial charge on any atom is -0.476 e. The summed E-state index contributed by atoms with van der Waals surface area (Å²) in [5.41, 5.74) is -1.42. The number of hydrogen-bond acceptors (Lipinski definition) is 4. The molecule has 0 aliphatic rings. The quantitative estimate of drug-likeness (QED) is 0.786. The van der Waals surface area contributed by atoms with Crippen LogP contribution in [0.1, 0.15) is 22.6 Å².